The Bertz CT molecular complexity index is 769. The van der Waals surface area contributed by atoms with E-state index < -0.39 is 0 Å². The van der Waals surface area contributed by atoms with Crippen LogP contribution in [0.2, 0.25) is 5.02 Å². The zero-order chi connectivity index (χ0) is 20.7. The normalized spacial score (nSPS) is 17.9. The molecular weight excluding hydrogens is 388 g/mol. The largest absolute Gasteiger partial charge is 0.381 e. The number of nitrogens with one attached hydrogen (secondary N) is 2. The Morgan fingerprint density at radius 2 is 2.00 bits per heavy atom. The summed E-state index contributed by atoms with van der Waals surface area (Å²) in [5.74, 6) is 0.781. The number of guanidine groups is 1. The molecule has 1 aromatic heterocycles. The summed E-state index contributed by atoms with van der Waals surface area (Å²) in [4.78, 5) is 6.72. The summed E-state index contributed by atoms with van der Waals surface area (Å²) in [6, 6.07) is 9.86. The van der Waals surface area contributed by atoms with Crippen molar-refractivity contribution in [1.29, 1.82) is 0 Å². The van der Waals surface area contributed by atoms with Gasteiger partial charge in [-0.2, -0.15) is 5.10 Å². The highest BCUT2D eigenvalue weighted by Gasteiger charge is 2.34. The highest BCUT2D eigenvalue weighted by atomic mass is 35.5. The van der Waals surface area contributed by atoms with Crippen LogP contribution in [0, 0.1) is 0 Å². The molecule has 29 heavy (non-hydrogen) atoms. The van der Waals surface area contributed by atoms with Crippen molar-refractivity contribution in [3.05, 3.63) is 53.3 Å². The van der Waals surface area contributed by atoms with Gasteiger partial charge >= 0.3 is 0 Å². The van der Waals surface area contributed by atoms with Gasteiger partial charge in [0, 0.05) is 56.3 Å². The summed E-state index contributed by atoms with van der Waals surface area (Å²) in [5, 5.41) is 12.1. The van der Waals surface area contributed by atoms with E-state index in [1.165, 1.54) is 0 Å². The van der Waals surface area contributed by atoms with E-state index in [1.54, 1.807) is 13.2 Å². The van der Waals surface area contributed by atoms with Crippen LogP contribution >= 0.6 is 11.6 Å². The van der Waals surface area contributed by atoms with Gasteiger partial charge in [0.15, 0.2) is 5.96 Å². The molecule has 3 rings (SSSR count). The zero-order valence-corrected chi connectivity index (χ0v) is 18.2. The second-order valence-electron chi connectivity index (χ2n) is 7.59. The monoisotopic (exact) mass is 418 g/mol. The Balaban J connectivity index is 1.65. The minimum atomic E-state index is 0.0340. The van der Waals surface area contributed by atoms with E-state index in [0.29, 0.717) is 6.54 Å². The molecule has 0 bridgehead atoms. The van der Waals surface area contributed by atoms with Gasteiger partial charge in [0.05, 0.1) is 6.04 Å². The van der Waals surface area contributed by atoms with Crippen molar-refractivity contribution in [2.45, 2.75) is 24.4 Å². The molecule has 2 aromatic rings. The van der Waals surface area contributed by atoms with E-state index in [2.05, 4.69) is 39.7 Å². The number of aliphatic imine (C=N–C) groups is 1. The Labute approximate surface area is 178 Å². The maximum Gasteiger partial charge on any atom is 0.191 e. The van der Waals surface area contributed by atoms with Crippen molar-refractivity contribution in [2.24, 2.45) is 4.99 Å². The van der Waals surface area contributed by atoms with Gasteiger partial charge in [0.1, 0.15) is 0 Å². The molecule has 0 amide bonds. The highest BCUT2D eigenvalue weighted by Crippen LogP contribution is 2.25. The first kappa shape index (κ1) is 21.6. The minimum absolute atomic E-state index is 0.0340. The fourth-order valence-corrected chi connectivity index (χ4v) is 3.84. The number of halogens is 1. The number of benzene rings is 1. The van der Waals surface area contributed by atoms with Crippen molar-refractivity contribution >= 4 is 17.6 Å². The molecule has 158 valence electrons. The number of hydrogen-bond donors (Lipinski definition) is 2. The van der Waals surface area contributed by atoms with E-state index in [0.717, 1.165) is 49.1 Å². The molecule has 1 fully saturated rings. The number of nitrogens with zero attached hydrogens (tertiary/aromatic N) is 4. The van der Waals surface area contributed by atoms with E-state index in [9.17, 15) is 0 Å². The maximum absolute atomic E-state index is 6.06. The quantitative estimate of drug-likeness (QED) is 0.534. The van der Waals surface area contributed by atoms with Gasteiger partial charge in [-0.3, -0.25) is 9.67 Å². The Kier molecular flexibility index (Phi) is 7.52. The predicted molar refractivity (Wildman–Crippen MR) is 118 cm³/mol. The van der Waals surface area contributed by atoms with Crippen LogP contribution in [0.1, 0.15) is 24.4 Å². The Morgan fingerprint density at radius 1 is 1.28 bits per heavy atom. The number of ether oxygens (including phenoxy) is 1. The molecule has 0 radical (unpaired) electrons. The van der Waals surface area contributed by atoms with Gasteiger partial charge < -0.3 is 20.3 Å². The molecule has 8 heteroatoms. The molecule has 2 N–H and O–H groups in total. The van der Waals surface area contributed by atoms with Gasteiger partial charge in [-0.1, -0.05) is 23.7 Å². The van der Waals surface area contributed by atoms with Gasteiger partial charge in [0.2, 0.25) is 0 Å². The van der Waals surface area contributed by atoms with Gasteiger partial charge in [-0.25, -0.2) is 0 Å². The molecule has 0 aliphatic carbocycles. The van der Waals surface area contributed by atoms with Crippen molar-refractivity contribution in [3.63, 3.8) is 0 Å². The van der Waals surface area contributed by atoms with Crippen LogP contribution in [0.4, 0.5) is 0 Å². The van der Waals surface area contributed by atoms with Crippen LogP contribution in [0.5, 0.6) is 0 Å². The van der Waals surface area contributed by atoms with Crippen LogP contribution in [-0.2, 0) is 4.74 Å². The SMILES string of the molecule is CN=C(NCC(c1ccc(Cl)cc1)n1cccn1)NCC1(N(C)C)CCOCC1. The van der Waals surface area contributed by atoms with Crippen molar-refractivity contribution in [2.75, 3.05) is 47.4 Å². The zero-order valence-electron chi connectivity index (χ0n) is 17.4. The number of hydrogen-bond acceptors (Lipinski definition) is 4. The summed E-state index contributed by atoms with van der Waals surface area (Å²) in [5.41, 5.74) is 1.21. The molecule has 1 aliphatic rings. The lowest BCUT2D eigenvalue weighted by Crippen LogP contribution is -2.57. The van der Waals surface area contributed by atoms with Crippen LogP contribution in [-0.4, -0.2) is 73.6 Å². The van der Waals surface area contributed by atoms with E-state index >= 15 is 0 Å². The standard InChI is InChI=1S/C21H31ClN6O/c1-23-20(25-16-21(27(2)3)9-13-29-14-10-21)24-15-19(28-12-4-11-26-28)17-5-7-18(22)8-6-17/h4-8,11-12,19H,9-10,13-16H2,1-3H3,(H2,23,24,25). The number of rotatable bonds is 7. The third-order valence-electron chi connectivity index (χ3n) is 5.74. The molecule has 1 aliphatic heterocycles. The molecule has 0 saturated carbocycles. The predicted octanol–water partition coefficient (Wildman–Crippen LogP) is 2.40. The van der Waals surface area contributed by atoms with Crippen LogP contribution in [0.15, 0.2) is 47.7 Å². The van der Waals surface area contributed by atoms with Crippen LogP contribution in [0.3, 0.4) is 0 Å². The Hall–Kier alpha value is -2.09. The van der Waals surface area contributed by atoms with E-state index in [-0.39, 0.29) is 11.6 Å². The molecule has 1 atom stereocenters. The van der Waals surface area contributed by atoms with Crippen molar-refractivity contribution < 1.29 is 4.74 Å². The van der Waals surface area contributed by atoms with Gasteiger partial charge in [-0.05, 0) is 50.7 Å². The van der Waals surface area contributed by atoms with Gasteiger partial charge in [0.25, 0.3) is 0 Å². The molecule has 0 spiro atoms. The third-order valence-corrected chi connectivity index (χ3v) is 5.99. The third kappa shape index (κ3) is 5.50. The lowest BCUT2D eigenvalue weighted by atomic mass is 9.88. The first-order chi connectivity index (χ1) is 14.0. The van der Waals surface area contributed by atoms with Crippen molar-refractivity contribution in [3.8, 4) is 0 Å². The van der Waals surface area contributed by atoms with E-state index in [1.807, 2.05) is 41.2 Å². The van der Waals surface area contributed by atoms with Crippen LogP contribution < -0.4 is 10.6 Å². The lowest BCUT2D eigenvalue weighted by molar-refractivity contribution is -0.00501. The summed E-state index contributed by atoms with van der Waals surface area (Å²) in [7, 11) is 6.07. The minimum Gasteiger partial charge on any atom is -0.381 e. The average Bonchev–Trinajstić information content (AvgIpc) is 3.27. The van der Waals surface area contributed by atoms with Crippen LogP contribution in [0.25, 0.3) is 0 Å². The topological polar surface area (TPSA) is 66.7 Å². The molecule has 1 saturated heterocycles. The Morgan fingerprint density at radius 3 is 2.59 bits per heavy atom. The molecule has 2 heterocycles. The van der Waals surface area contributed by atoms with Gasteiger partial charge in [-0.15, -0.1) is 0 Å². The van der Waals surface area contributed by atoms with E-state index in [4.69, 9.17) is 16.3 Å². The summed E-state index contributed by atoms with van der Waals surface area (Å²) in [6.07, 6.45) is 5.78. The fraction of sp³-hybridized carbons (Fsp3) is 0.524. The van der Waals surface area contributed by atoms with Crippen molar-refractivity contribution in [1.82, 2.24) is 25.3 Å². The number of aromatic nitrogens is 2. The lowest BCUT2D eigenvalue weighted by Gasteiger charge is -2.43. The summed E-state index contributed by atoms with van der Waals surface area (Å²) >= 11 is 6.06. The fourth-order valence-electron chi connectivity index (χ4n) is 3.71. The second kappa shape index (κ2) is 10.1. The smallest absolute Gasteiger partial charge is 0.191 e. The average molecular weight is 419 g/mol. The first-order valence-corrected chi connectivity index (χ1v) is 10.4. The first-order valence-electron chi connectivity index (χ1n) is 9.98. The summed E-state index contributed by atoms with van der Waals surface area (Å²) < 4.78 is 7.51. The molecule has 1 aromatic carbocycles. The molecule has 1 unspecified atom stereocenters. The highest BCUT2D eigenvalue weighted by molar-refractivity contribution is 6.30. The molecular formula is C21H31ClN6O. The number of likely N-dealkylation sites (N-methyl/N-ethyl adjacent to an activating group) is 1. The molecule has 7 nitrogen and oxygen atoms in total. The second-order valence-corrected chi connectivity index (χ2v) is 8.03. The maximum atomic E-state index is 6.06. The summed E-state index contributed by atoms with van der Waals surface area (Å²) in [6.45, 7) is 3.06.